The van der Waals surface area contributed by atoms with E-state index in [9.17, 15) is 24.6 Å². The molecule has 5 aliphatic carbocycles. The van der Waals surface area contributed by atoms with Crippen molar-refractivity contribution >= 4 is 17.9 Å². The summed E-state index contributed by atoms with van der Waals surface area (Å²) in [5.41, 5.74) is -0.626. The second-order valence-corrected chi connectivity index (χ2v) is 17.7. The first-order chi connectivity index (χ1) is 20.4. The summed E-state index contributed by atoms with van der Waals surface area (Å²) in [6.45, 7) is 16.7. The van der Waals surface area contributed by atoms with Gasteiger partial charge in [-0.1, -0.05) is 66.7 Å². The molecule has 46 heavy (non-hydrogen) atoms. The molecule has 6 rings (SSSR count). The van der Waals surface area contributed by atoms with Crippen LogP contribution in [-0.4, -0.2) is 24.0 Å². The third-order valence-corrected chi connectivity index (χ3v) is 15.2. The third-order valence-electron chi connectivity index (χ3n) is 15.2. The maximum Gasteiger partial charge on any atom is 1.00 e. The summed E-state index contributed by atoms with van der Waals surface area (Å²) in [5, 5.41) is 24.5. The molecule has 1 aromatic rings. The van der Waals surface area contributed by atoms with Crippen molar-refractivity contribution in [1.29, 1.82) is 0 Å². The molecule has 8 heteroatoms. The van der Waals surface area contributed by atoms with Crippen LogP contribution in [0, 0.1) is 56.2 Å². The number of esters is 1. The van der Waals surface area contributed by atoms with Crippen LogP contribution in [0.5, 0.6) is 0 Å². The van der Waals surface area contributed by atoms with Crippen molar-refractivity contribution in [3.8, 4) is 0 Å². The molecule has 5 saturated carbocycles. The summed E-state index contributed by atoms with van der Waals surface area (Å²) in [6.07, 6.45) is 10.1. The number of carbonyl (C=O) groups excluding carboxylic acids is 3. The topological polar surface area (TPSA) is 107 Å². The normalized spacial score (nSPS) is 41.8. The van der Waals surface area contributed by atoms with Crippen LogP contribution in [0.15, 0.2) is 24.3 Å². The van der Waals surface area contributed by atoms with Crippen LogP contribution < -0.4 is 113 Å². The van der Waals surface area contributed by atoms with Crippen LogP contribution >= 0.6 is 0 Å². The van der Waals surface area contributed by atoms with Gasteiger partial charge in [0.15, 0.2) is 0 Å². The van der Waals surface area contributed by atoms with Gasteiger partial charge in [0.05, 0.1) is 11.5 Å². The predicted octanol–water partition coefficient (Wildman–Crippen LogP) is 0.215. The Morgan fingerprint density at radius 2 is 1.33 bits per heavy atom. The maximum absolute atomic E-state index is 13.3. The molecule has 0 aliphatic heterocycles. The number of fused-ring (bicyclic) bond motifs is 7. The number of carboxylic acid groups (broad SMARTS) is 2. The SMILES string of the molecule is CC1(C)CC[C@]2(C(=O)[O-])CC[C@]3(C)C(CCC4[C@@]5(C)CC[C@H](OC(=O)c6ccccc6C(=O)[O-])C(C)(C)C5CC[C@]43C)C2C1.[K+].[K+]. The molecule has 9 atom stereocenters. The maximum atomic E-state index is 13.3. The Hall–Kier alpha value is 0.903. The summed E-state index contributed by atoms with van der Waals surface area (Å²) in [6, 6.07) is 6.14. The van der Waals surface area contributed by atoms with Gasteiger partial charge in [-0.05, 0) is 122 Å². The van der Waals surface area contributed by atoms with E-state index in [-0.39, 0.29) is 153 Å². The number of hydrogen-bond acceptors (Lipinski definition) is 6. The number of ether oxygens (including phenoxy) is 1. The van der Waals surface area contributed by atoms with Crippen LogP contribution in [-0.2, 0) is 9.53 Å². The number of hydrogen-bond donors (Lipinski definition) is 0. The van der Waals surface area contributed by atoms with E-state index in [0.717, 1.165) is 70.6 Å². The van der Waals surface area contributed by atoms with Gasteiger partial charge in [0.1, 0.15) is 6.10 Å². The Balaban J connectivity index is 0.00000240. The largest absolute Gasteiger partial charge is 1.00 e. The van der Waals surface area contributed by atoms with Gasteiger partial charge in [0.25, 0.3) is 0 Å². The second-order valence-electron chi connectivity index (χ2n) is 17.7. The number of benzene rings is 1. The minimum atomic E-state index is -1.37. The van der Waals surface area contributed by atoms with Crippen molar-refractivity contribution in [2.45, 2.75) is 125 Å². The van der Waals surface area contributed by atoms with Crippen molar-refractivity contribution in [3.05, 3.63) is 35.4 Å². The molecule has 6 nitrogen and oxygen atoms in total. The zero-order valence-electron chi connectivity index (χ0n) is 29.9. The van der Waals surface area contributed by atoms with E-state index in [2.05, 4.69) is 48.5 Å². The van der Waals surface area contributed by atoms with E-state index in [1.54, 1.807) is 12.1 Å². The number of carbonyl (C=O) groups is 3. The van der Waals surface area contributed by atoms with Crippen LogP contribution in [0.1, 0.15) is 140 Å². The number of carboxylic acids is 2. The molecule has 5 fully saturated rings. The minimum absolute atomic E-state index is 0. The Kier molecular flexibility index (Phi) is 11.6. The van der Waals surface area contributed by atoms with Gasteiger partial charge >= 0.3 is 109 Å². The van der Waals surface area contributed by atoms with Crippen molar-refractivity contribution < 1.29 is 132 Å². The Labute approximate surface area is 361 Å². The second kappa shape index (κ2) is 13.5. The predicted molar refractivity (Wildman–Crippen MR) is 164 cm³/mol. The number of rotatable bonds is 4. The standard InChI is InChI=1S/C38H54O6.2K/c1-33(2)18-20-38(32(42)43)21-19-36(6)25(26(38)22-33)12-13-28-35(5)16-15-29(34(3,4)27(35)14-17-37(28,36)7)44-31(41)24-11-9-8-10-23(24)30(39)40;;/h8-11,25-29H,12-22H2,1-7H3,(H,39,40)(H,42,43);;/q;2*+1/p-2/t25?,26?,27?,28?,29-,35-,36+,37+,38-;;/m0../s1. The monoisotopic (exact) mass is 682 g/mol. The van der Waals surface area contributed by atoms with Crippen LogP contribution in [0.25, 0.3) is 0 Å². The van der Waals surface area contributed by atoms with E-state index in [0.29, 0.717) is 17.8 Å². The minimum Gasteiger partial charge on any atom is -0.550 e. The van der Waals surface area contributed by atoms with Gasteiger partial charge in [-0.3, -0.25) is 0 Å². The van der Waals surface area contributed by atoms with E-state index >= 15 is 0 Å². The average molecular weight is 683 g/mol. The van der Waals surface area contributed by atoms with Gasteiger partial charge < -0.3 is 24.5 Å². The molecule has 242 valence electrons. The molecule has 0 heterocycles. The molecular formula is C38H52K2O6. The van der Waals surface area contributed by atoms with Gasteiger partial charge in [0.2, 0.25) is 0 Å². The van der Waals surface area contributed by atoms with Gasteiger partial charge in [-0.15, -0.1) is 0 Å². The first-order valence-electron chi connectivity index (χ1n) is 17.2. The summed E-state index contributed by atoms with van der Waals surface area (Å²) >= 11 is 0. The first kappa shape index (κ1) is 39.7. The summed E-state index contributed by atoms with van der Waals surface area (Å²) < 4.78 is 6.16. The van der Waals surface area contributed by atoms with E-state index in [4.69, 9.17) is 4.74 Å². The molecule has 4 unspecified atom stereocenters. The first-order valence-corrected chi connectivity index (χ1v) is 17.2. The van der Waals surface area contributed by atoms with Gasteiger partial charge in [-0.2, -0.15) is 0 Å². The third kappa shape index (κ3) is 5.92. The Morgan fingerprint density at radius 3 is 1.96 bits per heavy atom. The summed E-state index contributed by atoms with van der Waals surface area (Å²) in [4.78, 5) is 37.8. The fourth-order valence-corrected chi connectivity index (χ4v) is 12.6. The molecule has 0 spiro atoms. The van der Waals surface area contributed by atoms with Crippen molar-refractivity contribution in [2.24, 2.45) is 56.2 Å². The van der Waals surface area contributed by atoms with E-state index < -0.39 is 23.3 Å². The molecule has 0 aromatic heterocycles. The Morgan fingerprint density at radius 1 is 0.696 bits per heavy atom. The van der Waals surface area contributed by atoms with Crippen LogP contribution in [0.4, 0.5) is 0 Å². The average Bonchev–Trinajstić information content (AvgIpc) is 2.94. The van der Waals surface area contributed by atoms with Crippen molar-refractivity contribution in [2.75, 3.05) is 0 Å². The molecule has 1 aromatic carbocycles. The van der Waals surface area contributed by atoms with Crippen LogP contribution in [0.3, 0.4) is 0 Å². The molecule has 0 radical (unpaired) electrons. The molecular weight excluding hydrogens is 631 g/mol. The number of aromatic carboxylic acids is 1. The quantitative estimate of drug-likeness (QED) is 0.333. The molecule has 0 amide bonds. The Bertz CT molecular complexity index is 1370. The smallest absolute Gasteiger partial charge is 0.550 e. The van der Waals surface area contributed by atoms with Gasteiger partial charge in [0, 0.05) is 22.4 Å². The molecule has 0 bridgehead atoms. The fourth-order valence-electron chi connectivity index (χ4n) is 12.6. The zero-order valence-corrected chi connectivity index (χ0v) is 36.2. The fraction of sp³-hybridized carbons (Fsp3) is 0.763. The van der Waals surface area contributed by atoms with E-state index in [1.807, 2.05) is 0 Å². The molecule has 0 N–H and O–H groups in total. The molecule has 5 aliphatic rings. The summed E-state index contributed by atoms with van der Waals surface area (Å²) in [7, 11) is 0. The van der Waals surface area contributed by atoms with Gasteiger partial charge in [-0.25, -0.2) is 4.79 Å². The summed E-state index contributed by atoms with van der Waals surface area (Å²) in [5.74, 6) is -1.33. The van der Waals surface area contributed by atoms with E-state index in [1.165, 1.54) is 12.1 Å². The zero-order chi connectivity index (χ0) is 32.1. The molecule has 0 saturated heterocycles. The van der Waals surface area contributed by atoms with Crippen molar-refractivity contribution in [1.82, 2.24) is 0 Å². The van der Waals surface area contributed by atoms with Crippen molar-refractivity contribution in [3.63, 3.8) is 0 Å². The van der Waals surface area contributed by atoms with Crippen LogP contribution in [0.2, 0.25) is 0 Å². The number of aliphatic carboxylic acids is 1.